The van der Waals surface area contributed by atoms with Gasteiger partial charge >= 0.3 is 0 Å². The smallest absolute Gasteiger partial charge is 0.151 e. The minimum Gasteiger partial charge on any atom is -0.399 e. The number of thiazole rings is 1. The molecule has 1 aromatic carbocycles. The first-order valence-electron chi connectivity index (χ1n) is 4.53. The van der Waals surface area contributed by atoms with Gasteiger partial charge in [0, 0.05) is 17.3 Å². The van der Waals surface area contributed by atoms with Crippen molar-refractivity contribution in [2.24, 2.45) is 0 Å². The van der Waals surface area contributed by atoms with Gasteiger partial charge < -0.3 is 11.1 Å². The lowest BCUT2D eigenvalue weighted by molar-refractivity contribution is 0.589. The molecule has 0 radical (unpaired) electrons. The second kappa shape index (κ2) is 4.44. The van der Waals surface area contributed by atoms with Crippen LogP contribution in [-0.4, -0.2) is 4.98 Å². The summed E-state index contributed by atoms with van der Waals surface area (Å²) in [7, 11) is 0. The normalized spacial score (nSPS) is 10.4. The molecule has 0 fully saturated rings. The molecule has 0 spiro atoms. The first-order valence-corrected chi connectivity index (χ1v) is 5.41. The Morgan fingerprint density at radius 3 is 2.56 bits per heavy atom. The highest BCUT2D eigenvalue weighted by atomic mass is 32.1. The third kappa shape index (κ3) is 2.27. The van der Waals surface area contributed by atoms with Crippen LogP contribution in [0.5, 0.6) is 0 Å². The van der Waals surface area contributed by atoms with Crippen LogP contribution >= 0.6 is 11.3 Å². The predicted octanol–water partition coefficient (Wildman–Crippen LogP) is 2.62. The molecule has 0 atom stereocenters. The van der Waals surface area contributed by atoms with Crippen molar-refractivity contribution >= 4 is 22.7 Å². The molecule has 0 bridgehead atoms. The van der Waals surface area contributed by atoms with Crippen molar-refractivity contribution in [2.45, 2.75) is 6.54 Å². The lowest BCUT2D eigenvalue weighted by atomic mass is 10.2. The van der Waals surface area contributed by atoms with Gasteiger partial charge in [-0.05, 0) is 12.1 Å². The number of benzene rings is 1. The summed E-state index contributed by atoms with van der Waals surface area (Å²) in [5.41, 5.74) is 5.19. The van der Waals surface area contributed by atoms with E-state index in [2.05, 4.69) is 10.3 Å². The molecular formula is C10H9F2N3S. The maximum Gasteiger partial charge on any atom is 0.151 e. The molecule has 2 rings (SSSR count). The fourth-order valence-electron chi connectivity index (χ4n) is 1.27. The molecule has 3 nitrogen and oxygen atoms in total. The minimum atomic E-state index is -0.700. The molecule has 0 aliphatic heterocycles. The zero-order valence-electron chi connectivity index (χ0n) is 8.21. The van der Waals surface area contributed by atoms with Crippen molar-refractivity contribution in [3.8, 4) is 0 Å². The first kappa shape index (κ1) is 10.8. The van der Waals surface area contributed by atoms with Gasteiger partial charge in [0.15, 0.2) is 11.6 Å². The number of nitrogens with two attached hydrogens (primary N) is 1. The van der Waals surface area contributed by atoms with Crippen LogP contribution in [0.2, 0.25) is 0 Å². The number of nitrogens with zero attached hydrogens (tertiary/aromatic N) is 1. The molecular weight excluding hydrogens is 232 g/mol. The Kier molecular flexibility index (Phi) is 3.00. The van der Waals surface area contributed by atoms with Crippen LogP contribution in [0.15, 0.2) is 23.7 Å². The molecule has 1 aromatic heterocycles. The maximum absolute atomic E-state index is 13.3. The summed E-state index contributed by atoms with van der Waals surface area (Å²) < 4.78 is 26.7. The Labute approximate surface area is 94.9 Å². The standard InChI is InChI=1S/C10H9F2N3S/c11-7-3-6(13)4-8(12)10(7)15-5-9-14-1-2-16-9/h1-4,15H,5,13H2. The Balaban J connectivity index is 2.15. The highest BCUT2D eigenvalue weighted by Gasteiger charge is 2.10. The number of halogens is 2. The summed E-state index contributed by atoms with van der Waals surface area (Å²) in [6.07, 6.45) is 1.64. The van der Waals surface area contributed by atoms with E-state index in [1.807, 2.05) is 0 Å². The van der Waals surface area contributed by atoms with E-state index in [1.54, 1.807) is 11.6 Å². The van der Waals surface area contributed by atoms with Gasteiger partial charge in [-0.25, -0.2) is 13.8 Å². The largest absolute Gasteiger partial charge is 0.399 e. The Bertz CT molecular complexity index is 462. The zero-order chi connectivity index (χ0) is 11.5. The quantitative estimate of drug-likeness (QED) is 0.812. The van der Waals surface area contributed by atoms with E-state index >= 15 is 0 Å². The van der Waals surface area contributed by atoms with Crippen molar-refractivity contribution < 1.29 is 8.78 Å². The molecule has 0 saturated heterocycles. The third-order valence-corrected chi connectivity index (χ3v) is 2.74. The van der Waals surface area contributed by atoms with E-state index < -0.39 is 11.6 Å². The third-order valence-electron chi connectivity index (χ3n) is 1.96. The maximum atomic E-state index is 13.3. The molecule has 84 valence electrons. The minimum absolute atomic E-state index is 0.0646. The number of hydrogen-bond donors (Lipinski definition) is 2. The Morgan fingerprint density at radius 1 is 1.31 bits per heavy atom. The molecule has 0 aliphatic rings. The second-order valence-electron chi connectivity index (χ2n) is 3.14. The van der Waals surface area contributed by atoms with Gasteiger partial charge in [0.25, 0.3) is 0 Å². The van der Waals surface area contributed by atoms with Gasteiger partial charge in [0.2, 0.25) is 0 Å². The van der Waals surface area contributed by atoms with Crippen LogP contribution in [-0.2, 0) is 6.54 Å². The number of hydrogen-bond acceptors (Lipinski definition) is 4. The van der Waals surface area contributed by atoms with Crippen molar-refractivity contribution in [1.82, 2.24) is 4.98 Å². The molecule has 0 amide bonds. The van der Waals surface area contributed by atoms with Gasteiger partial charge in [0.05, 0.1) is 6.54 Å². The fraction of sp³-hybridized carbons (Fsp3) is 0.100. The summed E-state index contributed by atoms with van der Waals surface area (Å²) in [5.74, 6) is -1.40. The van der Waals surface area contributed by atoms with Crippen molar-refractivity contribution in [2.75, 3.05) is 11.1 Å². The van der Waals surface area contributed by atoms with Gasteiger partial charge in [0.1, 0.15) is 10.7 Å². The highest BCUT2D eigenvalue weighted by molar-refractivity contribution is 7.09. The summed E-state index contributed by atoms with van der Waals surface area (Å²) in [6.45, 7) is 0.287. The number of nitrogens with one attached hydrogen (secondary N) is 1. The van der Waals surface area contributed by atoms with Crippen LogP contribution in [0.25, 0.3) is 0 Å². The van der Waals surface area contributed by atoms with E-state index in [9.17, 15) is 8.78 Å². The van der Waals surface area contributed by atoms with Crippen molar-refractivity contribution in [1.29, 1.82) is 0 Å². The summed E-state index contributed by atoms with van der Waals surface area (Å²) in [5, 5.41) is 5.21. The average Bonchev–Trinajstić information content (AvgIpc) is 2.68. The molecule has 2 aromatic rings. The second-order valence-corrected chi connectivity index (χ2v) is 4.12. The Morgan fingerprint density at radius 2 is 2.00 bits per heavy atom. The van der Waals surface area contributed by atoms with Gasteiger partial charge in [-0.3, -0.25) is 0 Å². The number of anilines is 2. The summed E-state index contributed by atoms with van der Waals surface area (Å²) in [6, 6.07) is 2.15. The van der Waals surface area contributed by atoms with Crippen molar-refractivity contribution in [3.05, 3.63) is 40.4 Å². The number of rotatable bonds is 3. The average molecular weight is 241 g/mol. The van der Waals surface area contributed by atoms with Crippen LogP contribution in [0.4, 0.5) is 20.2 Å². The van der Waals surface area contributed by atoms with E-state index in [0.29, 0.717) is 0 Å². The topological polar surface area (TPSA) is 50.9 Å². The first-order chi connectivity index (χ1) is 7.66. The SMILES string of the molecule is Nc1cc(F)c(NCc2nccs2)c(F)c1. The Hall–Kier alpha value is -1.69. The zero-order valence-corrected chi connectivity index (χ0v) is 9.02. The van der Waals surface area contributed by atoms with Gasteiger partial charge in [-0.1, -0.05) is 0 Å². The van der Waals surface area contributed by atoms with Crippen LogP contribution in [0, 0.1) is 11.6 Å². The van der Waals surface area contributed by atoms with E-state index in [4.69, 9.17) is 5.73 Å². The summed E-state index contributed by atoms with van der Waals surface area (Å²) >= 11 is 1.41. The lowest BCUT2D eigenvalue weighted by Gasteiger charge is -2.07. The van der Waals surface area contributed by atoms with Crippen molar-refractivity contribution in [3.63, 3.8) is 0 Å². The van der Waals surface area contributed by atoms with E-state index in [0.717, 1.165) is 17.1 Å². The number of nitrogen functional groups attached to an aromatic ring is 1. The molecule has 0 unspecified atom stereocenters. The van der Waals surface area contributed by atoms with Crippen LogP contribution in [0.1, 0.15) is 5.01 Å². The fourth-order valence-corrected chi connectivity index (χ4v) is 1.82. The number of aromatic nitrogens is 1. The van der Waals surface area contributed by atoms with Gasteiger partial charge in [-0.15, -0.1) is 11.3 Å². The molecule has 1 heterocycles. The molecule has 0 saturated carbocycles. The van der Waals surface area contributed by atoms with Crippen LogP contribution < -0.4 is 11.1 Å². The highest BCUT2D eigenvalue weighted by Crippen LogP contribution is 2.22. The molecule has 0 aliphatic carbocycles. The molecule has 6 heteroatoms. The van der Waals surface area contributed by atoms with Gasteiger partial charge in [-0.2, -0.15) is 0 Å². The monoisotopic (exact) mass is 241 g/mol. The predicted molar refractivity (Wildman–Crippen MR) is 60.2 cm³/mol. The van der Waals surface area contributed by atoms with E-state index in [1.165, 1.54) is 11.3 Å². The lowest BCUT2D eigenvalue weighted by Crippen LogP contribution is -2.04. The van der Waals surface area contributed by atoms with Crippen LogP contribution in [0.3, 0.4) is 0 Å². The summed E-state index contributed by atoms with van der Waals surface area (Å²) in [4.78, 5) is 3.99. The van der Waals surface area contributed by atoms with E-state index in [-0.39, 0.29) is 17.9 Å². The molecule has 16 heavy (non-hydrogen) atoms. The molecule has 3 N–H and O–H groups in total.